The standard InChI is InChI=1S/C16H21N3O/c1-19(11-13-4-3-8-17-13)16-15-10-14(20-2)6-5-12(15)7-9-18-16/h5-7,9-10,13,17H,3-4,8,11H2,1-2H3. The van der Waals surface area contributed by atoms with Crippen molar-refractivity contribution in [1.29, 1.82) is 0 Å². The van der Waals surface area contributed by atoms with E-state index in [1.807, 2.05) is 18.3 Å². The first-order valence-corrected chi connectivity index (χ1v) is 7.15. The summed E-state index contributed by atoms with van der Waals surface area (Å²) in [6.45, 7) is 2.12. The number of hydrogen-bond donors (Lipinski definition) is 1. The molecule has 1 N–H and O–H groups in total. The maximum atomic E-state index is 5.33. The van der Waals surface area contributed by atoms with Gasteiger partial charge in [-0.05, 0) is 43.0 Å². The van der Waals surface area contributed by atoms with Gasteiger partial charge in [0.25, 0.3) is 0 Å². The lowest BCUT2D eigenvalue weighted by atomic mass is 10.1. The van der Waals surface area contributed by atoms with Crippen molar-refractivity contribution < 1.29 is 4.74 Å². The summed E-state index contributed by atoms with van der Waals surface area (Å²) in [6.07, 6.45) is 4.40. The normalized spacial score (nSPS) is 18.4. The van der Waals surface area contributed by atoms with Crippen molar-refractivity contribution in [3.8, 4) is 5.75 Å². The van der Waals surface area contributed by atoms with E-state index < -0.39 is 0 Å². The fourth-order valence-corrected chi connectivity index (χ4v) is 2.89. The number of aromatic nitrogens is 1. The van der Waals surface area contributed by atoms with Gasteiger partial charge >= 0.3 is 0 Å². The number of fused-ring (bicyclic) bond motifs is 1. The monoisotopic (exact) mass is 271 g/mol. The molecule has 0 bridgehead atoms. The van der Waals surface area contributed by atoms with Crippen LogP contribution in [0.2, 0.25) is 0 Å². The molecule has 0 radical (unpaired) electrons. The first-order valence-electron chi connectivity index (χ1n) is 7.15. The topological polar surface area (TPSA) is 37.4 Å². The van der Waals surface area contributed by atoms with E-state index >= 15 is 0 Å². The zero-order valence-corrected chi connectivity index (χ0v) is 12.1. The quantitative estimate of drug-likeness (QED) is 0.927. The second kappa shape index (κ2) is 5.67. The second-order valence-corrected chi connectivity index (χ2v) is 5.40. The molecule has 0 saturated carbocycles. The third-order valence-corrected chi connectivity index (χ3v) is 3.97. The molecular weight excluding hydrogens is 250 g/mol. The van der Waals surface area contributed by atoms with Crippen LogP contribution in [0.4, 0.5) is 5.82 Å². The van der Waals surface area contributed by atoms with Gasteiger partial charge in [-0.3, -0.25) is 0 Å². The van der Waals surface area contributed by atoms with Gasteiger partial charge in [0.2, 0.25) is 0 Å². The number of methoxy groups -OCH3 is 1. The van der Waals surface area contributed by atoms with E-state index in [0.717, 1.165) is 30.0 Å². The Labute approximate surface area is 119 Å². The Kier molecular flexibility index (Phi) is 3.74. The van der Waals surface area contributed by atoms with E-state index in [4.69, 9.17) is 4.74 Å². The Morgan fingerprint density at radius 2 is 2.30 bits per heavy atom. The summed E-state index contributed by atoms with van der Waals surface area (Å²) in [4.78, 5) is 6.81. The SMILES string of the molecule is COc1ccc2ccnc(N(C)CC3CCCN3)c2c1. The molecule has 1 unspecified atom stereocenters. The number of nitrogens with one attached hydrogen (secondary N) is 1. The zero-order valence-electron chi connectivity index (χ0n) is 12.1. The summed E-state index contributed by atoms with van der Waals surface area (Å²) in [6, 6.07) is 8.75. The minimum Gasteiger partial charge on any atom is -0.497 e. The van der Waals surface area contributed by atoms with Gasteiger partial charge < -0.3 is 15.0 Å². The molecule has 1 atom stereocenters. The Morgan fingerprint density at radius 3 is 3.05 bits per heavy atom. The van der Waals surface area contributed by atoms with Gasteiger partial charge in [-0.15, -0.1) is 0 Å². The molecule has 3 rings (SSSR count). The van der Waals surface area contributed by atoms with Gasteiger partial charge in [0.1, 0.15) is 11.6 Å². The van der Waals surface area contributed by atoms with Gasteiger partial charge in [-0.25, -0.2) is 4.98 Å². The molecule has 2 heterocycles. The number of nitrogens with zero attached hydrogens (tertiary/aromatic N) is 2. The number of likely N-dealkylation sites (N-methyl/N-ethyl adjacent to an activating group) is 1. The molecule has 1 saturated heterocycles. The lowest BCUT2D eigenvalue weighted by Gasteiger charge is -2.23. The smallest absolute Gasteiger partial charge is 0.136 e. The van der Waals surface area contributed by atoms with Crippen molar-refractivity contribution in [2.45, 2.75) is 18.9 Å². The van der Waals surface area contributed by atoms with Gasteiger partial charge in [0.15, 0.2) is 0 Å². The van der Waals surface area contributed by atoms with E-state index in [9.17, 15) is 0 Å². The first kappa shape index (κ1) is 13.2. The largest absolute Gasteiger partial charge is 0.497 e. The molecule has 2 aromatic rings. The molecule has 0 spiro atoms. The van der Waals surface area contributed by atoms with Crippen LogP contribution in [0.25, 0.3) is 10.8 Å². The van der Waals surface area contributed by atoms with Crippen LogP contribution in [0, 0.1) is 0 Å². The molecule has 1 aromatic heterocycles. The fraction of sp³-hybridized carbons (Fsp3) is 0.438. The average Bonchev–Trinajstić information content (AvgIpc) is 2.98. The molecule has 1 aliphatic rings. The predicted molar refractivity (Wildman–Crippen MR) is 82.6 cm³/mol. The van der Waals surface area contributed by atoms with Crippen LogP contribution in [0.5, 0.6) is 5.75 Å². The minimum absolute atomic E-state index is 0.572. The molecule has 4 nitrogen and oxygen atoms in total. The Balaban J connectivity index is 1.92. The van der Waals surface area contributed by atoms with Crippen LogP contribution in [0.1, 0.15) is 12.8 Å². The summed E-state index contributed by atoms with van der Waals surface area (Å²) in [5.41, 5.74) is 0. The van der Waals surface area contributed by atoms with Crippen LogP contribution in [0.3, 0.4) is 0 Å². The highest BCUT2D eigenvalue weighted by atomic mass is 16.5. The maximum Gasteiger partial charge on any atom is 0.136 e. The molecule has 1 aromatic carbocycles. The third-order valence-electron chi connectivity index (χ3n) is 3.97. The Hall–Kier alpha value is -1.81. The molecule has 4 heteroatoms. The predicted octanol–water partition coefficient (Wildman–Crippen LogP) is 2.43. The van der Waals surface area contributed by atoms with Gasteiger partial charge in [0.05, 0.1) is 7.11 Å². The summed E-state index contributed by atoms with van der Waals surface area (Å²) in [5, 5.41) is 5.88. The van der Waals surface area contributed by atoms with E-state index in [1.54, 1.807) is 7.11 Å². The summed E-state index contributed by atoms with van der Waals surface area (Å²) in [5.74, 6) is 1.90. The van der Waals surface area contributed by atoms with Crippen molar-refractivity contribution in [2.75, 3.05) is 32.1 Å². The van der Waals surface area contributed by atoms with E-state index in [2.05, 4.69) is 34.4 Å². The van der Waals surface area contributed by atoms with E-state index in [1.165, 1.54) is 18.2 Å². The number of rotatable bonds is 4. The highest BCUT2D eigenvalue weighted by Crippen LogP contribution is 2.27. The lowest BCUT2D eigenvalue weighted by molar-refractivity contribution is 0.415. The first-order chi connectivity index (χ1) is 9.78. The van der Waals surface area contributed by atoms with E-state index in [0.29, 0.717) is 6.04 Å². The maximum absolute atomic E-state index is 5.33. The summed E-state index contributed by atoms with van der Waals surface area (Å²) >= 11 is 0. The second-order valence-electron chi connectivity index (χ2n) is 5.40. The van der Waals surface area contributed by atoms with Crippen molar-refractivity contribution in [2.24, 2.45) is 0 Å². The number of ether oxygens (including phenoxy) is 1. The summed E-state index contributed by atoms with van der Waals surface area (Å²) < 4.78 is 5.33. The molecule has 0 amide bonds. The number of benzene rings is 1. The lowest BCUT2D eigenvalue weighted by Crippen LogP contribution is -2.35. The highest BCUT2D eigenvalue weighted by molar-refractivity contribution is 5.93. The Morgan fingerprint density at radius 1 is 1.40 bits per heavy atom. The van der Waals surface area contributed by atoms with E-state index in [-0.39, 0.29) is 0 Å². The average molecular weight is 271 g/mol. The molecule has 20 heavy (non-hydrogen) atoms. The number of pyridine rings is 1. The van der Waals surface area contributed by atoms with Crippen molar-refractivity contribution in [3.63, 3.8) is 0 Å². The highest BCUT2D eigenvalue weighted by Gasteiger charge is 2.17. The van der Waals surface area contributed by atoms with Crippen LogP contribution in [0.15, 0.2) is 30.5 Å². The molecule has 1 fully saturated rings. The molecular formula is C16H21N3O. The van der Waals surface area contributed by atoms with Crippen LogP contribution in [-0.4, -0.2) is 38.3 Å². The molecule has 0 aliphatic carbocycles. The van der Waals surface area contributed by atoms with Gasteiger partial charge in [-0.2, -0.15) is 0 Å². The molecule has 106 valence electrons. The number of hydrogen-bond acceptors (Lipinski definition) is 4. The van der Waals surface area contributed by atoms with Gasteiger partial charge in [-0.1, -0.05) is 6.07 Å². The van der Waals surface area contributed by atoms with Crippen molar-refractivity contribution in [3.05, 3.63) is 30.5 Å². The fourth-order valence-electron chi connectivity index (χ4n) is 2.89. The molecule has 1 aliphatic heterocycles. The van der Waals surface area contributed by atoms with Crippen molar-refractivity contribution >= 4 is 16.6 Å². The Bertz CT molecular complexity index is 593. The third kappa shape index (κ3) is 2.56. The minimum atomic E-state index is 0.572. The van der Waals surface area contributed by atoms with Crippen LogP contribution < -0.4 is 15.0 Å². The van der Waals surface area contributed by atoms with Gasteiger partial charge in [0, 0.05) is 31.2 Å². The number of anilines is 1. The van der Waals surface area contributed by atoms with Crippen molar-refractivity contribution in [1.82, 2.24) is 10.3 Å². The van der Waals surface area contributed by atoms with Crippen LogP contribution >= 0.6 is 0 Å². The summed E-state index contributed by atoms with van der Waals surface area (Å²) in [7, 11) is 3.81. The van der Waals surface area contributed by atoms with Crippen LogP contribution in [-0.2, 0) is 0 Å². The zero-order chi connectivity index (χ0) is 13.9.